The van der Waals surface area contributed by atoms with E-state index in [9.17, 15) is 9.59 Å². The number of carbonyl (C=O) groups excluding carboxylic acids is 2. The van der Waals surface area contributed by atoms with Crippen LogP contribution in [0.2, 0.25) is 0 Å². The zero-order valence-electron chi connectivity index (χ0n) is 14.3. The van der Waals surface area contributed by atoms with Gasteiger partial charge in [-0.05, 0) is 30.7 Å². The van der Waals surface area contributed by atoms with Gasteiger partial charge in [0.2, 0.25) is 0 Å². The van der Waals surface area contributed by atoms with Crippen molar-refractivity contribution in [3.8, 4) is 0 Å². The smallest absolute Gasteiger partial charge is 0.316 e. The van der Waals surface area contributed by atoms with Gasteiger partial charge >= 0.3 is 6.03 Å². The third-order valence-electron chi connectivity index (χ3n) is 4.35. The number of nitrogens with zero attached hydrogens (tertiary/aromatic N) is 2. The third kappa shape index (κ3) is 4.69. The number of ether oxygens (including phenoxy) is 1. The number of hydrogen-bond acceptors (Lipinski definition) is 4. The highest BCUT2D eigenvalue weighted by atomic mass is 16.5. The molecule has 1 aromatic carbocycles. The molecule has 1 aromatic rings. The summed E-state index contributed by atoms with van der Waals surface area (Å²) < 4.78 is 5.16. The normalized spacial score (nSPS) is 18.4. The summed E-state index contributed by atoms with van der Waals surface area (Å²) in [4.78, 5) is 27.8. The van der Waals surface area contributed by atoms with Crippen LogP contribution < -0.4 is 11.1 Å². The van der Waals surface area contributed by atoms with Gasteiger partial charge in [0.25, 0.3) is 5.91 Å². The van der Waals surface area contributed by atoms with Crippen LogP contribution in [0.25, 0.3) is 0 Å². The fourth-order valence-electron chi connectivity index (χ4n) is 2.99. The van der Waals surface area contributed by atoms with Crippen molar-refractivity contribution in [1.82, 2.24) is 9.80 Å². The van der Waals surface area contributed by atoms with Crippen molar-refractivity contribution in [2.75, 3.05) is 45.2 Å². The van der Waals surface area contributed by atoms with Crippen molar-refractivity contribution in [2.45, 2.75) is 19.4 Å². The van der Waals surface area contributed by atoms with Crippen molar-refractivity contribution in [1.29, 1.82) is 0 Å². The number of rotatable bonds is 6. The first-order valence-electron chi connectivity index (χ1n) is 8.24. The molecule has 7 nitrogen and oxygen atoms in total. The second kappa shape index (κ2) is 8.65. The summed E-state index contributed by atoms with van der Waals surface area (Å²) in [6.07, 6.45) is 0.995. The lowest BCUT2D eigenvalue weighted by molar-refractivity contribution is 0.0384. The average Bonchev–Trinajstić information content (AvgIpc) is 2.59. The Morgan fingerprint density at radius 3 is 2.58 bits per heavy atom. The second-order valence-corrected chi connectivity index (χ2v) is 5.91. The lowest BCUT2D eigenvalue weighted by atomic mass is 10.1. The Kier molecular flexibility index (Phi) is 6.57. The zero-order valence-corrected chi connectivity index (χ0v) is 14.3. The molecule has 1 unspecified atom stereocenters. The third-order valence-corrected chi connectivity index (χ3v) is 4.35. The predicted octanol–water partition coefficient (Wildman–Crippen LogP) is 1.36. The summed E-state index contributed by atoms with van der Waals surface area (Å²) in [6.45, 7) is 6.03. The Morgan fingerprint density at radius 1 is 1.29 bits per heavy atom. The zero-order chi connectivity index (χ0) is 17.5. The van der Waals surface area contributed by atoms with Crippen molar-refractivity contribution < 1.29 is 14.3 Å². The second-order valence-electron chi connectivity index (χ2n) is 5.91. The lowest BCUT2D eigenvalue weighted by Crippen LogP contribution is -2.55. The quantitative estimate of drug-likeness (QED) is 0.822. The van der Waals surface area contributed by atoms with E-state index in [4.69, 9.17) is 10.5 Å². The summed E-state index contributed by atoms with van der Waals surface area (Å²) in [5, 5.41) is 2.49. The molecule has 1 saturated heterocycles. The molecule has 1 aliphatic heterocycles. The minimum Gasteiger partial charge on any atom is -0.383 e. The number of piperazine rings is 1. The molecular weight excluding hydrogens is 308 g/mol. The van der Waals surface area contributed by atoms with Gasteiger partial charge in [0.15, 0.2) is 0 Å². The molecule has 0 bridgehead atoms. The minimum atomic E-state index is -0.618. The number of nitrogens with one attached hydrogen (secondary N) is 1. The number of urea groups is 1. The van der Waals surface area contributed by atoms with E-state index < -0.39 is 6.03 Å². The van der Waals surface area contributed by atoms with Crippen LogP contribution in [0.15, 0.2) is 24.3 Å². The summed E-state index contributed by atoms with van der Waals surface area (Å²) in [5.74, 6) is 0.0190. The topological polar surface area (TPSA) is 87.9 Å². The molecule has 1 aliphatic rings. The van der Waals surface area contributed by atoms with Gasteiger partial charge in [-0.2, -0.15) is 0 Å². The monoisotopic (exact) mass is 334 g/mol. The van der Waals surface area contributed by atoms with Gasteiger partial charge in [-0.3, -0.25) is 9.69 Å². The Labute approximate surface area is 142 Å². The fourth-order valence-corrected chi connectivity index (χ4v) is 2.99. The molecule has 3 N–H and O–H groups in total. The summed E-state index contributed by atoms with van der Waals surface area (Å²) >= 11 is 0. The highest BCUT2D eigenvalue weighted by Gasteiger charge is 2.28. The molecule has 0 saturated carbocycles. The predicted molar refractivity (Wildman–Crippen MR) is 93.1 cm³/mol. The molecule has 0 aliphatic carbocycles. The number of amides is 3. The number of hydrogen-bond donors (Lipinski definition) is 2. The molecule has 0 spiro atoms. The Balaban J connectivity index is 1.98. The number of benzene rings is 1. The van der Waals surface area contributed by atoms with Gasteiger partial charge in [-0.15, -0.1) is 0 Å². The van der Waals surface area contributed by atoms with Crippen molar-refractivity contribution in [3.63, 3.8) is 0 Å². The maximum absolute atomic E-state index is 12.7. The van der Waals surface area contributed by atoms with E-state index >= 15 is 0 Å². The van der Waals surface area contributed by atoms with Crippen LogP contribution in [0.3, 0.4) is 0 Å². The highest BCUT2D eigenvalue weighted by molar-refractivity contribution is 5.95. The summed E-state index contributed by atoms with van der Waals surface area (Å²) in [7, 11) is 1.71. The largest absolute Gasteiger partial charge is 0.383 e. The minimum absolute atomic E-state index is 0.0190. The molecule has 2 rings (SSSR count). The van der Waals surface area contributed by atoms with Crippen molar-refractivity contribution in [2.24, 2.45) is 5.73 Å². The molecule has 0 aromatic heterocycles. The number of methoxy groups -OCH3 is 1. The van der Waals surface area contributed by atoms with Gasteiger partial charge in [-0.1, -0.05) is 6.92 Å². The van der Waals surface area contributed by atoms with Crippen LogP contribution in [-0.4, -0.2) is 67.7 Å². The van der Waals surface area contributed by atoms with Gasteiger partial charge in [0, 0.05) is 50.6 Å². The molecule has 7 heteroatoms. The van der Waals surface area contributed by atoms with Gasteiger partial charge in [-0.25, -0.2) is 4.79 Å². The molecular formula is C17H26N4O3. The SMILES string of the molecule is CCC1CN(C(=O)c2ccc(NC(N)=O)cc2)CCN1CCOC. The first-order chi connectivity index (χ1) is 11.5. The Morgan fingerprint density at radius 2 is 2.00 bits per heavy atom. The van der Waals surface area contributed by atoms with Crippen LogP contribution in [0, 0.1) is 0 Å². The average molecular weight is 334 g/mol. The number of nitrogens with two attached hydrogens (primary N) is 1. The van der Waals surface area contributed by atoms with E-state index in [1.54, 1.807) is 31.4 Å². The number of anilines is 1. The van der Waals surface area contributed by atoms with E-state index in [0.717, 1.165) is 26.1 Å². The van der Waals surface area contributed by atoms with Crippen LogP contribution in [0.1, 0.15) is 23.7 Å². The van der Waals surface area contributed by atoms with Crippen molar-refractivity contribution in [3.05, 3.63) is 29.8 Å². The van der Waals surface area contributed by atoms with E-state index in [1.165, 1.54) is 0 Å². The molecule has 3 amide bonds. The molecule has 132 valence electrons. The Hall–Kier alpha value is -2.12. The summed E-state index contributed by atoms with van der Waals surface area (Å²) in [5.41, 5.74) is 6.27. The molecule has 0 radical (unpaired) electrons. The lowest BCUT2D eigenvalue weighted by Gasteiger charge is -2.41. The number of carbonyl (C=O) groups is 2. The standard InChI is InChI=1S/C17H26N4O3/c1-3-15-12-21(9-8-20(15)10-11-24-2)16(22)13-4-6-14(7-5-13)19-17(18)23/h4-7,15H,3,8-12H2,1-2H3,(H3,18,19,23). The van der Waals surface area contributed by atoms with E-state index in [2.05, 4.69) is 17.1 Å². The molecule has 24 heavy (non-hydrogen) atoms. The number of primary amides is 1. The van der Waals surface area contributed by atoms with Gasteiger partial charge in [0.1, 0.15) is 0 Å². The highest BCUT2D eigenvalue weighted by Crippen LogP contribution is 2.17. The van der Waals surface area contributed by atoms with E-state index in [1.807, 2.05) is 4.90 Å². The first-order valence-corrected chi connectivity index (χ1v) is 8.24. The molecule has 1 fully saturated rings. The van der Waals surface area contributed by atoms with Crippen molar-refractivity contribution >= 4 is 17.6 Å². The van der Waals surface area contributed by atoms with Crippen LogP contribution >= 0.6 is 0 Å². The maximum atomic E-state index is 12.7. The van der Waals surface area contributed by atoms with Crippen LogP contribution in [-0.2, 0) is 4.74 Å². The molecule has 1 atom stereocenters. The fraction of sp³-hybridized carbons (Fsp3) is 0.529. The summed E-state index contributed by atoms with van der Waals surface area (Å²) in [6, 6.07) is 6.53. The van der Waals surface area contributed by atoms with Gasteiger partial charge in [0.05, 0.1) is 6.61 Å². The van der Waals surface area contributed by atoms with Gasteiger partial charge < -0.3 is 20.7 Å². The molecule has 1 heterocycles. The van der Waals surface area contributed by atoms with Crippen LogP contribution in [0.4, 0.5) is 10.5 Å². The van der Waals surface area contributed by atoms with E-state index in [-0.39, 0.29) is 5.91 Å². The maximum Gasteiger partial charge on any atom is 0.316 e. The Bertz CT molecular complexity index is 561. The first kappa shape index (κ1) is 18.2. The van der Waals surface area contributed by atoms with Crippen LogP contribution in [0.5, 0.6) is 0 Å². The van der Waals surface area contributed by atoms with E-state index in [0.29, 0.717) is 30.4 Å².